The van der Waals surface area contributed by atoms with Gasteiger partial charge in [-0.1, -0.05) is 30.3 Å². The van der Waals surface area contributed by atoms with Gasteiger partial charge in [-0.3, -0.25) is 14.3 Å². The fraction of sp³-hybridized carbons (Fsp3) is 0.375. The lowest BCUT2D eigenvalue weighted by Gasteiger charge is -2.28. The van der Waals surface area contributed by atoms with Crippen LogP contribution >= 0.6 is 11.3 Å². The van der Waals surface area contributed by atoms with E-state index in [0.717, 1.165) is 11.1 Å². The molecule has 4 rings (SSSR count). The molecule has 0 bridgehead atoms. The van der Waals surface area contributed by atoms with Crippen LogP contribution in [0.3, 0.4) is 0 Å². The molecule has 0 radical (unpaired) electrons. The Labute approximate surface area is 186 Å². The van der Waals surface area contributed by atoms with Crippen LogP contribution < -0.4 is 5.32 Å². The number of carbonyl (C=O) groups excluding carboxylic acids is 2. The average Bonchev–Trinajstić information content (AvgIpc) is 3.54. The maximum Gasteiger partial charge on any atom is 0.257 e. The number of hydrogen-bond donors (Lipinski definition) is 1. The summed E-state index contributed by atoms with van der Waals surface area (Å²) in [5, 5.41) is 9.19. The van der Waals surface area contributed by atoms with Gasteiger partial charge in [-0.05, 0) is 49.3 Å². The Kier molecular flexibility index (Phi) is 5.96. The molecule has 0 aliphatic carbocycles. The van der Waals surface area contributed by atoms with Crippen molar-refractivity contribution in [3.05, 3.63) is 65.3 Å². The van der Waals surface area contributed by atoms with E-state index in [1.807, 2.05) is 26.0 Å². The van der Waals surface area contributed by atoms with E-state index in [9.17, 15) is 9.59 Å². The monoisotopic (exact) mass is 436 g/mol. The van der Waals surface area contributed by atoms with E-state index >= 15 is 0 Å². The van der Waals surface area contributed by atoms with E-state index in [4.69, 9.17) is 0 Å². The van der Waals surface area contributed by atoms with Gasteiger partial charge < -0.3 is 10.2 Å². The third kappa shape index (κ3) is 4.28. The number of benzene rings is 1. The molecule has 1 aromatic carbocycles. The van der Waals surface area contributed by atoms with E-state index in [1.165, 1.54) is 4.88 Å². The van der Waals surface area contributed by atoms with Crippen molar-refractivity contribution < 1.29 is 9.59 Å². The SMILES string of the molecule is CNC(=O)[C@@]1(Cc2cccc(-c3cccs3)c2)CCN(C(=O)c2cnn(C(C)C)c2)C1. The fourth-order valence-electron chi connectivity index (χ4n) is 4.30. The molecule has 1 saturated heterocycles. The van der Waals surface area contributed by atoms with Crippen LogP contribution in [0.15, 0.2) is 54.2 Å². The van der Waals surface area contributed by atoms with Gasteiger partial charge in [0.1, 0.15) is 0 Å². The largest absolute Gasteiger partial charge is 0.359 e. The second kappa shape index (κ2) is 8.67. The summed E-state index contributed by atoms with van der Waals surface area (Å²) in [7, 11) is 1.67. The van der Waals surface area contributed by atoms with Gasteiger partial charge in [0.15, 0.2) is 0 Å². The van der Waals surface area contributed by atoms with E-state index in [-0.39, 0.29) is 17.9 Å². The van der Waals surface area contributed by atoms with Crippen LogP contribution in [0.25, 0.3) is 10.4 Å². The van der Waals surface area contributed by atoms with Crippen molar-refractivity contribution in [3.63, 3.8) is 0 Å². The summed E-state index contributed by atoms with van der Waals surface area (Å²) in [5.41, 5.74) is 2.20. The predicted octanol–water partition coefficient (Wildman–Crippen LogP) is 4.01. The molecule has 1 N–H and O–H groups in total. The smallest absolute Gasteiger partial charge is 0.257 e. The standard InChI is InChI=1S/C24H28N4O2S/c1-17(2)28-15-20(14-26-28)22(29)27-10-9-24(16-27,23(30)25-3)13-18-6-4-7-19(12-18)21-8-5-11-31-21/h4-8,11-12,14-15,17H,9-10,13,16H2,1-3H3,(H,25,30)/t24-/m1/s1. The molecule has 1 aliphatic heterocycles. The number of likely N-dealkylation sites (tertiary alicyclic amines) is 1. The maximum atomic E-state index is 13.1. The van der Waals surface area contributed by atoms with Gasteiger partial charge in [-0.25, -0.2) is 0 Å². The summed E-state index contributed by atoms with van der Waals surface area (Å²) in [6.45, 7) is 5.02. The van der Waals surface area contributed by atoms with Crippen molar-refractivity contribution >= 4 is 23.2 Å². The Morgan fingerprint density at radius 3 is 2.77 bits per heavy atom. The van der Waals surface area contributed by atoms with Gasteiger partial charge in [0.2, 0.25) is 5.91 Å². The number of thiophene rings is 1. The number of hydrogen-bond acceptors (Lipinski definition) is 4. The maximum absolute atomic E-state index is 13.1. The number of carbonyl (C=O) groups is 2. The quantitative estimate of drug-likeness (QED) is 0.635. The fourth-order valence-corrected chi connectivity index (χ4v) is 5.03. The number of nitrogens with zero attached hydrogens (tertiary/aromatic N) is 3. The van der Waals surface area contributed by atoms with Gasteiger partial charge in [-0.15, -0.1) is 11.3 Å². The van der Waals surface area contributed by atoms with E-state index < -0.39 is 5.41 Å². The molecule has 0 spiro atoms. The summed E-state index contributed by atoms with van der Waals surface area (Å²) >= 11 is 1.70. The first-order valence-corrected chi connectivity index (χ1v) is 11.5. The minimum absolute atomic E-state index is 0.0118. The minimum atomic E-state index is -0.632. The highest BCUT2D eigenvalue weighted by molar-refractivity contribution is 7.13. The topological polar surface area (TPSA) is 67.2 Å². The van der Waals surface area contributed by atoms with Gasteiger partial charge in [0.25, 0.3) is 5.91 Å². The highest BCUT2D eigenvalue weighted by atomic mass is 32.1. The highest BCUT2D eigenvalue weighted by Gasteiger charge is 2.45. The third-order valence-corrected chi connectivity index (χ3v) is 6.92. The summed E-state index contributed by atoms with van der Waals surface area (Å²) in [4.78, 5) is 29.1. The Morgan fingerprint density at radius 2 is 2.10 bits per heavy atom. The van der Waals surface area contributed by atoms with Gasteiger partial charge in [0, 0.05) is 37.3 Å². The van der Waals surface area contributed by atoms with Gasteiger partial charge >= 0.3 is 0 Å². The lowest BCUT2D eigenvalue weighted by atomic mass is 9.79. The molecule has 6 nitrogen and oxygen atoms in total. The molecule has 3 aromatic rings. The van der Waals surface area contributed by atoms with Crippen molar-refractivity contribution in [1.29, 1.82) is 0 Å². The van der Waals surface area contributed by atoms with Crippen molar-refractivity contribution in [2.24, 2.45) is 5.41 Å². The van der Waals surface area contributed by atoms with Gasteiger partial charge in [-0.2, -0.15) is 5.10 Å². The van der Waals surface area contributed by atoms with Crippen LogP contribution in [-0.2, 0) is 11.2 Å². The van der Waals surface area contributed by atoms with Crippen LogP contribution in [0.4, 0.5) is 0 Å². The zero-order chi connectivity index (χ0) is 22.0. The van der Waals surface area contributed by atoms with Crippen molar-refractivity contribution in [2.45, 2.75) is 32.7 Å². The van der Waals surface area contributed by atoms with Crippen LogP contribution in [0.5, 0.6) is 0 Å². The summed E-state index contributed by atoms with van der Waals surface area (Å²) in [5.74, 6) is -0.0767. The summed E-state index contributed by atoms with van der Waals surface area (Å²) in [6, 6.07) is 12.7. The zero-order valence-electron chi connectivity index (χ0n) is 18.2. The molecule has 7 heteroatoms. The zero-order valence-corrected chi connectivity index (χ0v) is 19.0. The van der Waals surface area contributed by atoms with E-state index in [2.05, 4.69) is 40.1 Å². The Bertz CT molecular complexity index is 1070. The molecule has 1 fully saturated rings. The Hall–Kier alpha value is -2.93. The molecule has 2 amide bonds. The Morgan fingerprint density at radius 1 is 1.26 bits per heavy atom. The van der Waals surface area contributed by atoms with Crippen LogP contribution in [0.1, 0.15) is 42.2 Å². The third-order valence-electron chi connectivity index (χ3n) is 6.00. The highest BCUT2D eigenvalue weighted by Crippen LogP contribution is 2.36. The molecule has 3 heterocycles. The molecule has 31 heavy (non-hydrogen) atoms. The second-order valence-electron chi connectivity index (χ2n) is 8.49. The molecule has 1 atom stereocenters. The van der Waals surface area contributed by atoms with Gasteiger partial charge in [0.05, 0.1) is 17.2 Å². The van der Waals surface area contributed by atoms with Crippen molar-refractivity contribution in [3.8, 4) is 10.4 Å². The molecule has 1 aliphatic rings. The van der Waals surface area contributed by atoms with Crippen LogP contribution in [0, 0.1) is 5.41 Å². The predicted molar refractivity (Wildman–Crippen MR) is 123 cm³/mol. The molecular formula is C24H28N4O2S. The first-order valence-electron chi connectivity index (χ1n) is 10.6. The number of rotatable bonds is 6. The number of aromatic nitrogens is 2. The number of amides is 2. The van der Waals surface area contributed by atoms with Crippen LogP contribution in [0.2, 0.25) is 0 Å². The summed E-state index contributed by atoms with van der Waals surface area (Å²) < 4.78 is 1.78. The minimum Gasteiger partial charge on any atom is -0.359 e. The average molecular weight is 437 g/mol. The second-order valence-corrected chi connectivity index (χ2v) is 9.44. The normalized spacial score (nSPS) is 18.5. The number of nitrogens with one attached hydrogen (secondary N) is 1. The first-order chi connectivity index (χ1) is 14.9. The molecule has 2 aromatic heterocycles. The van der Waals surface area contributed by atoms with Crippen molar-refractivity contribution in [1.82, 2.24) is 20.0 Å². The van der Waals surface area contributed by atoms with E-state index in [1.54, 1.807) is 40.4 Å². The molecule has 0 unspecified atom stereocenters. The lowest BCUT2D eigenvalue weighted by Crippen LogP contribution is -2.44. The molecule has 0 saturated carbocycles. The molecular weight excluding hydrogens is 408 g/mol. The summed E-state index contributed by atoms with van der Waals surface area (Å²) in [6.07, 6.45) is 4.64. The molecule has 162 valence electrons. The first kappa shape index (κ1) is 21.3. The van der Waals surface area contributed by atoms with E-state index in [0.29, 0.717) is 31.5 Å². The lowest BCUT2D eigenvalue weighted by molar-refractivity contribution is -0.129. The Balaban J connectivity index is 1.56. The van der Waals surface area contributed by atoms with Crippen LogP contribution in [-0.4, -0.2) is 46.6 Å². The van der Waals surface area contributed by atoms with Crippen molar-refractivity contribution in [2.75, 3.05) is 20.1 Å².